The van der Waals surface area contributed by atoms with Crippen LogP contribution in [0.4, 0.5) is 8.78 Å². The lowest BCUT2D eigenvalue weighted by atomic mass is 9.60. The molecule has 0 N–H and O–H groups in total. The van der Waals surface area contributed by atoms with Gasteiger partial charge in [-0.25, -0.2) is 8.78 Å². The first-order valence-electron chi connectivity index (χ1n) is 7.90. The normalized spacial score (nSPS) is 15.9. The molecule has 0 radical (unpaired) electrons. The molecule has 0 saturated carbocycles. The Morgan fingerprint density at radius 2 is 1.24 bits per heavy atom. The Labute approximate surface area is 129 Å². The predicted molar refractivity (Wildman–Crippen MR) is 87.4 cm³/mol. The number of hydrogen-bond acceptors (Lipinski definition) is 0. The van der Waals surface area contributed by atoms with E-state index in [0.29, 0.717) is 0 Å². The van der Waals surface area contributed by atoms with Crippen molar-refractivity contribution >= 4 is 0 Å². The lowest BCUT2D eigenvalue weighted by Gasteiger charge is -2.47. The first kappa shape index (κ1) is 18.1. The van der Waals surface area contributed by atoms with Crippen LogP contribution in [0.15, 0.2) is 12.1 Å². The maximum atomic E-state index is 14.5. The van der Waals surface area contributed by atoms with E-state index >= 15 is 0 Å². The van der Waals surface area contributed by atoms with E-state index in [0.717, 1.165) is 25.3 Å². The molecule has 0 aliphatic heterocycles. The summed E-state index contributed by atoms with van der Waals surface area (Å²) >= 11 is 0. The van der Waals surface area contributed by atoms with Crippen molar-refractivity contribution in [3.63, 3.8) is 0 Å². The van der Waals surface area contributed by atoms with Crippen LogP contribution in [0.5, 0.6) is 0 Å². The summed E-state index contributed by atoms with van der Waals surface area (Å²) in [7, 11) is 0. The maximum Gasteiger partial charge on any atom is 0.255 e. The van der Waals surface area contributed by atoms with Crippen LogP contribution < -0.4 is 0 Å². The third-order valence-electron chi connectivity index (χ3n) is 5.34. The highest BCUT2D eigenvalue weighted by atomic mass is 19.3. The Bertz CT molecular complexity index is 462. The molecule has 1 aromatic carbocycles. The summed E-state index contributed by atoms with van der Waals surface area (Å²) in [6.07, 6.45) is 1.75. The lowest BCUT2D eigenvalue weighted by molar-refractivity contribution is -0.0998. The standard InChI is InChI=1S/C19H30F2/c1-9-14-11-16(12-15(10-2)13(14)3)18(7,17(4,5)6)19(8,20)21/h11-12H,9-10H2,1-8H3. The molecule has 0 fully saturated rings. The molecule has 1 atom stereocenters. The minimum absolute atomic E-state index is 0.531. The number of hydrogen-bond donors (Lipinski definition) is 0. The van der Waals surface area contributed by atoms with E-state index in [1.54, 1.807) is 6.92 Å². The van der Waals surface area contributed by atoms with E-state index in [4.69, 9.17) is 0 Å². The van der Waals surface area contributed by atoms with Crippen molar-refractivity contribution in [3.05, 3.63) is 34.4 Å². The first-order valence-corrected chi connectivity index (χ1v) is 7.90. The Morgan fingerprint density at radius 3 is 1.48 bits per heavy atom. The van der Waals surface area contributed by atoms with Gasteiger partial charge in [-0.15, -0.1) is 0 Å². The highest BCUT2D eigenvalue weighted by Gasteiger charge is 2.54. The Kier molecular flexibility index (Phi) is 4.92. The van der Waals surface area contributed by atoms with Crippen molar-refractivity contribution in [1.29, 1.82) is 0 Å². The molecule has 0 amide bonds. The van der Waals surface area contributed by atoms with Gasteiger partial charge in [-0.3, -0.25) is 0 Å². The van der Waals surface area contributed by atoms with E-state index in [1.807, 2.05) is 32.9 Å². The van der Waals surface area contributed by atoms with Crippen LogP contribution in [-0.2, 0) is 18.3 Å². The molecule has 0 aliphatic rings. The average molecular weight is 296 g/mol. The van der Waals surface area contributed by atoms with Crippen LogP contribution in [0, 0.1) is 12.3 Å². The van der Waals surface area contributed by atoms with E-state index < -0.39 is 16.8 Å². The fourth-order valence-electron chi connectivity index (χ4n) is 3.21. The zero-order valence-electron chi connectivity index (χ0n) is 14.8. The Morgan fingerprint density at radius 1 is 0.857 bits per heavy atom. The zero-order chi connectivity index (χ0) is 16.6. The molecule has 120 valence electrons. The van der Waals surface area contributed by atoms with Gasteiger partial charge in [-0.05, 0) is 54.4 Å². The molecule has 21 heavy (non-hydrogen) atoms. The van der Waals surface area contributed by atoms with Crippen LogP contribution in [0.3, 0.4) is 0 Å². The summed E-state index contributed by atoms with van der Waals surface area (Å²) in [6.45, 7) is 14.7. The number of rotatable bonds is 4. The summed E-state index contributed by atoms with van der Waals surface area (Å²) < 4.78 is 29.0. The third-order valence-corrected chi connectivity index (χ3v) is 5.34. The monoisotopic (exact) mass is 296 g/mol. The van der Waals surface area contributed by atoms with E-state index in [1.165, 1.54) is 16.7 Å². The van der Waals surface area contributed by atoms with E-state index in [-0.39, 0.29) is 0 Å². The first-order chi connectivity index (χ1) is 9.40. The third kappa shape index (κ3) is 3.00. The van der Waals surface area contributed by atoms with Crippen LogP contribution in [0.25, 0.3) is 0 Å². The highest BCUT2D eigenvalue weighted by molar-refractivity contribution is 5.43. The second-order valence-electron chi connectivity index (χ2n) is 7.39. The largest absolute Gasteiger partial charge is 0.255 e. The predicted octanol–water partition coefficient (Wildman–Crippen LogP) is 6.08. The van der Waals surface area contributed by atoms with Crippen molar-refractivity contribution < 1.29 is 8.78 Å². The van der Waals surface area contributed by atoms with E-state index in [9.17, 15) is 8.78 Å². The number of benzene rings is 1. The van der Waals surface area contributed by atoms with Gasteiger partial charge in [0.1, 0.15) is 0 Å². The topological polar surface area (TPSA) is 0 Å². The minimum Gasteiger partial charge on any atom is -0.206 e. The maximum absolute atomic E-state index is 14.5. The fourth-order valence-corrected chi connectivity index (χ4v) is 3.21. The Hall–Kier alpha value is -0.920. The molecule has 0 bridgehead atoms. The van der Waals surface area contributed by atoms with Gasteiger partial charge in [-0.2, -0.15) is 0 Å². The van der Waals surface area contributed by atoms with Crippen molar-refractivity contribution in [2.45, 2.75) is 79.6 Å². The number of alkyl halides is 2. The van der Waals surface area contributed by atoms with Crippen LogP contribution in [0.2, 0.25) is 0 Å². The van der Waals surface area contributed by atoms with Gasteiger partial charge in [0.25, 0.3) is 5.92 Å². The summed E-state index contributed by atoms with van der Waals surface area (Å²) in [4.78, 5) is 0. The fraction of sp³-hybridized carbons (Fsp3) is 0.684. The van der Waals surface area contributed by atoms with Gasteiger partial charge in [0.15, 0.2) is 0 Å². The number of aryl methyl sites for hydroxylation is 2. The summed E-state index contributed by atoms with van der Waals surface area (Å²) in [5, 5.41) is 0. The molecule has 0 nitrogen and oxygen atoms in total. The second-order valence-corrected chi connectivity index (χ2v) is 7.39. The molecule has 1 rings (SSSR count). The van der Waals surface area contributed by atoms with Crippen molar-refractivity contribution in [1.82, 2.24) is 0 Å². The van der Waals surface area contributed by atoms with Crippen LogP contribution in [0.1, 0.15) is 70.7 Å². The highest BCUT2D eigenvalue weighted by Crippen LogP contribution is 2.51. The smallest absolute Gasteiger partial charge is 0.206 e. The zero-order valence-corrected chi connectivity index (χ0v) is 14.8. The molecular weight excluding hydrogens is 266 g/mol. The molecular formula is C19H30F2. The second kappa shape index (κ2) is 5.70. The molecule has 1 unspecified atom stereocenters. The van der Waals surface area contributed by atoms with Crippen molar-refractivity contribution in [2.24, 2.45) is 5.41 Å². The SMILES string of the molecule is CCc1cc(C(C)(C(C)(C)C)C(C)(F)F)cc(CC)c1C. The van der Waals surface area contributed by atoms with Gasteiger partial charge in [0, 0.05) is 6.92 Å². The summed E-state index contributed by atoms with van der Waals surface area (Å²) in [5.74, 6) is -2.78. The quantitative estimate of drug-likeness (QED) is 0.631. The lowest BCUT2D eigenvalue weighted by Crippen LogP contribution is -2.50. The van der Waals surface area contributed by atoms with Gasteiger partial charge in [-0.1, -0.05) is 46.8 Å². The molecule has 0 aromatic heterocycles. The van der Waals surface area contributed by atoms with Crippen LogP contribution in [-0.4, -0.2) is 5.92 Å². The molecule has 0 aliphatic carbocycles. The van der Waals surface area contributed by atoms with Crippen LogP contribution >= 0.6 is 0 Å². The van der Waals surface area contributed by atoms with Gasteiger partial charge in [0.05, 0.1) is 5.41 Å². The van der Waals surface area contributed by atoms with Gasteiger partial charge < -0.3 is 0 Å². The molecule has 2 heteroatoms. The molecule has 0 saturated heterocycles. The summed E-state index contributed by atoms with van der Waals surface area (Å²) in [5.41, 5.74) is 2.66. The van der Waals surface area contributed by atoms with Gasteiger partial charge >= 0.3 is 0 Å². The van der Waals surface area contributed by atoms with Crippen molar-refractivity contribution in [3.8, 4) is 0 Å². The average Bonchev–Trinajstić information content (AvgIpc) is 2.35. The molecule has 0 heterocycles. The van der Waals surface area contributed by atoms with E-state index in [2.05, 4.69) is 20.8 Å². The molecule has 0 spiro atoms. The Balaban J connectivity index is 3.69. The van der Waals surface area contributed by atoms with Crippen molar-refractivity contribution in [2.75, 3.05) is 0 Å². The molecule has 1 aromatic rings. The minimum atomic E-state index is -2.78. The summed E-state index contributed by atoms with van der Waals surface area (Å²) in [6, 6.07) is 3.99. The van der Waals surface area contributed by atoms with Gasteiger partial charge in [0.2, 0.25) is 0 Å². The number of halogens is 2.